The smallest absolute Gasteiger partial charge is 0.264 e. The maximum absolute atomic E-state index is 12.1. The topological polar surface area (TPSA) is 121 Å². The number of H-pyrrole nitrogens is 1. The molecule has 0 spiro atoms. The molecule has 0 aliphatic carbocycles. The van der Waals surface area contributed by atoms with Gasteiger partial charge in [0.1, 0.15) is 17.1 Å². The summed E-state index contributed by atoms with van der Waals surface area (Å²) in [6.07, 6.45) is 6.82. The molecule has 6 rings (SSSR count). The number of carbonyl (C=O) groups is 1. The Hall–Kier alpha value is -4.06. The number of hydrogen-bond acceptors (Lipinski definition) is 9. The molecular formula is C28H27ClN8O2S. The van der Waals surface area contributed by atoms with Crippen molar-refractivity contribution >= 4 is 51.6 Å². The Bertz CT molecular complexity index is 1570. The Morgan fingerprint density at radius 3 is 2.65 bits per heavy atom. The molecule has 12 heteroatoms. The molecule has 0 saturated carbocycles. The lowest BCUT2D eigenvalue weighted by atomic mass is 10.0. The molecule has 5 heterocycles. The molecule has 204 valence electrons. The van der Waals surface area contributed by atoms with Gasteiger partial charge in [0, 0.05) is 48.5 Å². The molecule has 1 saturated heterocycles. The molecule has 0 unspecified atom stereocenters. The van der Waals surface area contributed by atoms with Crippen molar-refractivity contribution in [1.29, 1.82) is 0 Å². The number of nitrogens with zero attached hydrogens (tertiary/aromatic N) is 5. The molecule has 10 nitrogen and oxygen atoms in total. The highest BCUT2D eigenvalue weighted by Crippen LogP contribution is 2.32. The van der Waals surface area contributed by atoms with Gasteiger partial charge in [0.25, 0.3) is 5.91 Å². The van der Waals surface area contributed by atoms with E-state index in [1.54, 1.807) is 36.8 Å². The van der Waals surface area contributed by atoms with Crippen LogP contribution in [0.2, 0.25) is 5.02 Å². The number of ether oxygens (including phenoxy) is 1. The van der Waals surface area contributed by atoms with Gasteiger partial charge in [-0.1, -0.05) is 17.7 Å². The highest BCUT2D eigenvalue weighted by Gasteiger charge is 2.22. The molecule has 4 aromatic heterocycles. The number of aromatic amines is 1. The number of rotatable bonds is 9. The number of likely N-dealkylation sites (tertiary alicyclic amines) is 1. The third-order valence-corrected chi connectivity index (χ3v) is 7.83. The molecule has 3 N–H and O–H groups in total. The number of hydrogen-bond donors (Lipinski definition) is 3. The van der Waals surface area contributed by atoms with Crippen LogP contribution in [0.3, 0.4) is 0 Å². The van der Waals surface area contributed by atoms with Crippen molar-refractivity contribution < 1.29 is 9.53 Å². The van der Waals surface area contributed by atoms with Crippen LogP contribution in [-0.2, 0) is 11.3 Å². The molecule has 0 bridgehead atoms. The van der Waals surface area contributed by atoms with Crippen LogP contribution in [0.4, 0.5) is 11.6 Å². The number of benzene rings is 1. The van der Waals surface area contributed by atoms with E-state index in [0.29, 0.717) is 28.3 Å². The average molecular weight is 575 g/mol. The zero-order chi connectivity index (χ0) is 27.3. The minimum atomic E-state index is -0.344. The fourth-order valence-electron chi connectivity index (χ4n) is 4.66. The lowest BCUT2D eigenvalue weighted by Gasteiger charge is -2.32. The maximum atomic E-state index is 12.1. The van der Waals surface area contributed by atoms with E-state index in [9.17, 15) is 4.79 Å². The zero-order valence-electron chi connectivity index (χ0n) is 21.5. The molecule has 40 heavy (non-hydrogen) atoms. The van der Waals surface area contributed by atoms with E-state index in [4.69, 9.17) is 21.3 Å². The molecule has 1 fully saturated rings. The van der Waals surface area contributed by atoms with E-state index in [-0.39, 0.29) is 18.5 Å². The monoisotopic (exact) mass is 574 g/mol. The second-order valence-corrected chi connectivity index (χ2v) is 10.9. The van der Waals surface area contributed by atoms with Gasteiger partial charge in [0.15, 0.2) is 12.3 Å². The summed E-state index contributed by atoms with van der Waals surface area (Å²) < 4.78 is 5.60. The summed E-state index contributed by atoms with van der Waals surface area (Å²) in [5, 5.41) is 8.94. The first-order valence-electron chi connectivity index (χ1n) is 13.0. The van der Waals surface area contributed by atoms with Gasteiger partial charge in [0.05, 0.1) is 16.9 Å². The third kappa shape index (κ3) is 6.22. The largest absolute Gasteiger partial charge is 0.484 e. The SMILES string of the molecule is O=C(COc1ccc(-c2nc3ncc(Cl)c(NC4CCN(Cc5cccs5)CC4)c3[nH]2)cc1)Nc1ncccn1. The predicted octanol–water partition coefficient (Wildman–Crippen LogP) is 5.22. The Morgan fingerprint density at radius 2 is 1.90 bits per heavy atom. The molecular weight excluding hydrogens is 548 g/mol. The zero-order valence-corrected chi connectivity index (χ0v) is 23.1. The summed E-state index contributed by atoms with van der Waals surface area (Å²) in [5.74, 6) is 1.12. The lowest BCUT2D eigenvalue weighted by Crippen LogP contribution is -2.38. The van der Waals surface area contributed by atoms with Gasteiger partial charge < -0.3 is 15.0 Å². The number of pyridine rings is 1. The molecule has 1 aromatic carbocycles. The van der Waals surface area contributed by atoms with Gasteiger partial charge >= 0.3 is 0 Å². The Morgan fingerprint density at radius 1 is 1.10 bits per heavy atom. The normalized spacial score (nSPS) is 14.3. The fraction of sp³-hybridized carbons (Fsp3) is 0.250. The highest BCUT2D eigenvalue weighted by molar-refractivity contribution is 7.09. The van der Waals surface area contributed by atoms with E-state index >= 15 is 0 Å². The number of carbonyl (C=O) groups excluding carboxylic acids is 1. The number of nitrogens with one attached hydrogen (secondary N) is 3. The van der Waals surface area contributed by atoms with Crippen molar-refractivity contribution in [1.82, 2.24) is 29.8 Å². The number of amides is 1. The molecule has 0 atom stereocenters. The van der Waals surface area contributed by atoms with Crippen molar-refractivity contribution in [3.63, 3.8) is 0 Å². The first-order valence-corrected chi connectivity index (χ1v) is 14.2. The summed E-state index contributed by atoms with van der Waals surface area (Å²) in [4.78, 5) is 36.5. The Kier molecular flexibility index (Phi) is 7.85. The molecule has 1 aliphatic rings. The molecule has 5 aromatic rings. The minimum Gasteiger partial charge on any atom is -0.484 e. The van der Waals surface area contributed by atoms with Crippen LogP contribution in [0.15, 0.2) is 66.4 Å². The summed E-state index contributed by atoms with van der Waals surface area (Å²) in [6, 6.07) is 13.6. The number of halogens is 1. The molecule has 0 radical (unpaired) electrons. The number of thiophene rings is 1. The first-order chi connectivity index (χ1) is 19.6. The molecule has 1 amide bonds. The van der Waals surface area contributed by atoms with Crippen LogP contribution in [0.5, 0.6) is 5.75 Å². The fourth-order valence-corrected chi connectivity index (χ4v) is 5.60. The van der Waals surface area contributed by atoms with Crippen LogP contribution >= 0.6 is 22.9 Å². The van der Waals surface area contributed by atoms with Crippen LogP contribution < -0.4 is 15.4 Å². The van der Waals surface area contributed by atoms with Gasteiger partial charge in [0.2, 0.25) is 5.95 Å². The first kappa shape index (κ1) is 26.2. The van der Waals surface area contributed by atoms with Crippen molar-refractivity contribution in [3.8, 4) is 17.1 Å². The average Bonchev–Trinajstić information content (AvgIpc) is 3.66. The Balaban J connectivity index is 1.09. The van der Waals surface area contributed by atoms with Gasteiger partial charge in [-0.25, -0.2) is 19.9 Å². The van der Waals surface area contributed by atoms with E-state index in [1.165, 1.54) is 4.88 Å². The van der Waals surface area contributed by atoms with Gasteiger partial charge in [-0.3, -0.25) is 15.0 Å². The van der Waals surface area contributed by atoms with Crippen LogP contribution in [-0.4, -0.2) is 61.5 Å². The predicted molar refractivity (Wildman–Crippen MR) is 157 cm³/mol. The minimum absolute atomic E-state index is 0.160. The lowest BCUT2D eigenvalue weighted by molar-refractivity contribution is -0.118. The van der Waals surface area contributed by atoms with Gasteiger partial charge in [-0.2, -0.15) is 0 Å². The van der Waals surface area contributed by atoms with E-state index in [2.05, 4.69) is 53.0 Å². The van der Waals surface area contributed by atoms with E-state index in [0.717, 1.165) is 49.2 Å². The van der Waals surface area contributed by atoms with E-state index < -0.39 is 0 Å². The standard InChI is InChI=1S/C28H27ClN8O2S/c29-22-15-32-27-25(24(22)33-19-8-12-37(13-9-19)16-21-3-1-14-40-21)35-26(36-27)18-4-6-20(7-5-18)39-17-23(38)34-28-30-10-2-11-31-28/h1-7,10-11,14-15,19H,8-9,12-13,16-17H2,(H,30,31,34,38)(H2,32,33,35,36). The molecule has 1 aliphatic heterocycles. The summed E-state index contributed by atoms with van der Waals surface area (Å²) >= 11 is 8.40. The number of fused-ring (bicyclic) bond motifs is 1. The van der Waals surface area contributed by atoms with Crippen molar-refractivity contribution in [2.75, 3.05) is 30.3 Å². The Labute approximate surface area is 239 Å². The number of aromatic nitrogens is 5. The third-order valence-electron chi connectivity index (χ3n) is 6.68. The van der Waals surface area contributed by atoms with Gasteiger partial charge in [-0.05, 0) is 54.6 Å². The summed E-state index contributed by atoms with van der Waals surface area (Å²) in [5.41, 5.74) is 3.06. The number of anilines is 2. The van der Waals surface area contributed by atoms with Crippen LogP contribution in [0, 0.1) is 0 Å². The van der Waals surface area contributed by atoms with Crippen LogP contribution in [0.1, 0.15) is 17.7 Å². The van der Waals surface area contributed by atoms with E-state index in [1.807, 2.05) is 23.5 Å². The quantitative estimate of drug-likeness (QED) is 0.219. The van der Waals surface area contributed by atoms with Crippen molar-refractivity contribution in [3.05, 3.63) is 76.3 Å². The van der Waals surface area contributed by atoms with Crippen molar-refractivity contribution in [2.45, 2.75) is 25.4 Å². The maximum Gasteiger partial charge on any atom is 0.264 e. The van der Waals surface area contributed by atoms with Gasteiger partial charge in [-0.15, -0.1) is 11.3 Å². The second kappa shape index (κ2) is 12.0. The number of imidazole rings is 1. The number of piperidine rings is 1. The van der Waals surface area contributed by atoms with Crippen molar-refractivity contribution in [2.24, 2.45) is 0 Å². The highest BCUT2D eigenvalue weighted by atomic mass is 35.5. The summed E-state index contributed by atoms with van der Waals surface area (Å²) in [7, 11) is 0. The van der Waals surface area contributed by atoms with Crippen LogP contribution in [0.25, 0.3) is 22.6 Å². The summed E-state index contributed by atoms with van der Waals surface area (Å²) in [6.45, 7) is 2.92. The second-order valence-electron chi connectivity index (χ2n) is 9.47.